The second kappa shape index (κ2) is 5.15. The van der Waals surface area contributed by atoms with Gasteiger partial charge in [-0.2, -0.15) is 5.26 Å². The van der Waals surface area contributed by atoms with E-state index in [0.29, 0.717) is 12.8 Å². The first-order valence-corrected chi connectivity index (χ1v) is 7.53. The molecule has 108 valence electrons. The van der Waals surface area contributed by atoms with E-state index in [2.05, 4.69) is 16.4 Å². The van der Waals surface area contributed by atoms with Crippen molar-refractivity contribution in [3.8, 4) is 6.07 Å². The highest BCUT2D eigenvalue weighted by atomic mass is 32.1. The zero-order chi connectivity index (χ0) is 15.0. The number of thiazole rings is 1. The summed E-state index contributed by atoms with van der Waals surface area (Å²) in [5.41, 5.74) is -1.81. The van der Waals surface area contributed by atoms with Gasteiger partial charge in [-0.05, 0) is 25.7 Å². The zero-order valence-electron chi connectivity index (χ0n) is 11.9. The molecule has 0 aliphatic carbocycles. The maximum atomic E-state index is 11.8. The van der Waals surface area contributed by atoms with Crippen molar-refractivity contribution in [3.05, 3.63) is 16.6 Å². The van der Waals surface area contributed by atoms with Gasteiger partial charge in [0.1, 0.15) is 10.5 Å². The summed E-state index contributed by atoms with van der Waals surface area (Å²) in [5.74, 6) is -0.650. The first-order valence-electron chi connectivity index (χ1n) is 6.65. The third-order valence-electron chi connectivity index (χ3n) is 3.85. The molecule has 0 bridgehead atoms. The summed E-state index contributed by atoms with van der Waals surface area (Å²) in [6.07, 6.45) is 2.48. The topological polar surface area (TPSA) is 86.0 Å². The van der Waals surface area contributed by atoms with Gasteiger partial charge in [-0.1, -0.05) is 13.8 Å². The monoisotopic (exact) mass is 293 g/mol. The predicted octanol–water partition coefficient (Wildman–Crippen LogP) is 2.58. The Morgan fingerprint density at radius 3 is 2.90 bits per heavy atom. The largest absolute Gasteiger partial charge is 0.480 e. The van der Waals surface area contributed by atoms with E-state index in [1.54, 1.807) is 6.20 Å². The summed E-state index contributed by atoms with van der Waals surface area (Å²) in [4.78, 5) is 16.0. The lowest BCUT2D eigenvalue weighted by Crippen LogP contribution is -2.49. The SMILES string of the molecule is CC(C)C[C@@]1(C(=O)O)C[C@@](C)(C#N)[C@H](c2nccs2)N1. The Bertz CT molecular complexity index is 537. The molecule has 6 heteroatoms. The van der Waals surface area contributed by atoms with E-state index in [0.717, 1.165) is 5.01 Å². The lowest BCUT2D eigenvalue weighted by Gasteiger charge is -2.27. The minimum Gasteiger partial charge on any atom is -0.480 e. The van der Waals surface area contributed by atoms with E-state index >= 15 is 0 Å². The van der Waals surface area contributed by atoms with Gasteiger partial charge >= 0.3 is 5.97 Å². The number of aromatic nitrogens is 1. The first kappa shape index (κ1) is 14.9. The summed E-state index contributed by atoms with van der Waals surface area (Å²) in [5, 5.41) is 25.0. The van der Waals surface area contributed by atoms with Crippen LogP contribution in [0, 0.1) is 22.7 Å². The second-order valence-corrected chi connectivity index (χ2v) is 7.07. The zero-order valence-corrected chi connectivity index (χ0v) is 12.7. The Morgan fingerprint density at radius 1 is 1.75 bits per heavy atom. The fraction of sp³-hybridized carbons (Fsp3) is 0.643. The number of hydrogen-bond donors (Lipinski definition) is 2. The van der Waals surface area contributed by atoms with Crippen LogP contribution in [0.1, 0.15) is 44.7 Å². The number of hydrogen-bond acceptors (Lipinski definition) is 5. The van der Waals surface area contributed by atoms with Gasteiger partial charge in [-0.15, -0.1) is 11.3 Å². The molecular formula is C14H19N3O2S. The van der Waals surface area contributed by atoms with Gasteiger partial charge in [0.15, 0.2) is 0 Å². The van der Waals surface area contributed by atoms with Crippen molar-refractivity contribution < 1.29 is 9.90 Å². The van der Waals surface area contributed by atoms with Crippen LogP contribution in [0.5, 0.6) is 0 Å². The van der Waals surface area contributed by atoms with Crippen LogP contribution in [-0.4, -0.2) is 21.6 Å². The summed E-state index contributed by atoms with van der Waals surface area (Å²) < 4.78 is 0. The molecule has 0 spiro atoms. The number of carboxylic acid groups (broad SMARTS) is 1. The van der Waals surface area contributed by atoms with Crippen LogP contribution in [0.15, 0.2) is 11.6 Å². The molecule has 2 N–H and O–H groups in total. The maximum absolute atomic E-state index is 11.8. The van der Waals surface area contributed by atoms with Crippen molar-refractivity contribution >= 4 is 17.3 Å². The Balaban J connectivity index is 2.41. The molecule has 2 heterocycles. The molecule has 1 aliphatic heterocycles. The van der Waals surface area contributed by atoms with E-state index in [-0.39, 0.29) is 12.0 Å². The van der Waals surface area contributed by atoms with Crippen LogP contribution in [-0.2, 0) is 4.79 Å². The average molecular weight is 293 g/mol. The van der Waals surface area contributed by atoms with Crippen LogP contribution in [0.25, 0.3) is 0 Å². The van der Waals surface area contributed by atoms with Gasteiger partial charge in [-0.3, -0.25) is 10.1 Å². The van der Waals surface area contributed by atoms with Crippen molar-refractivity contribution in [2.75, 3.05) is 0 Å². The highest BCUT2D eigenvalue weighted by molar-refractivity contribution is 7.09. The van der Waals surface area contributed by atoms with Gasteiger partial charge in [0.2, 0.25) is 0 Å². The molecular weight excluding hydrogens is 274 g/mol. The lowest BCUT2D eigenvalue weighted by atomic mass is 9.77. The van der Waals surface area contributed by atoms with E-state index in [9.17, 15) is 15.2 Å². The number of nitrogens with one attached hydrogen (secondary N) is 1. The van der Waals surface area contributed by atoms with E-state index in [1.165, 1.54) is 11.3 Å². The number of nitrogens with zero attached hydrogens (tertiary/aromatic N) is 2. The van der Waals surface area contributed by atoms with Gasteiger partial charge in [-0.25, -0.2) is 4.98 Å². The number of nitriles is 1. The van der Waals surface area contributed by atoms with Crippen LogP contribution < -0.4 is 5.32 Å². The first-order chi connectivity index (χ1) is 9.33. The molecule has 20 heavy (non-hydrogen) atoms. The molecule has 1 fully saturated rings. The predicted molar refractivity (Wildman–Crippen MR) is 76.1 cm³/mol. The molecule has 1 aliphatic rings. The van der Waals surface area contributed by atoms with Crippen molar-refractivity contribution in [3.63, 3.8) is 0 Å². The second-order valence-electron chi connectivity index (χ2n) is 6.14. The number of carboxylic acids is 1. The normalized spacial score (nSPS) is 33.2. The van der Waals surface area contributed by atoms with Crippen molar-refractivity contribution in [1.29, 1.82) is 5.26 Å². The molecule has 2 rings (SSSR count). The molecule has 5 nitrogen and oxygen atoms in total. The van der Waals surface area contributed by atoms with Crippen LogP contribution in [0.3, 0.4) is 0 Å². The van der Waals surface area contributed by atoms with Crippen molar-refractivity contribution in [1.82, 2.24) is 10.3 Å². The lowest BCUT2D eigenvalue weighted by molar-refractivity contribution is -0.145. The molecule has 0 aromatic carbocycles. The Hall–Kier alpha value is -1.45. The van der Waals surface area contributed by atoms with E-state index in [4.69, 9.17) is 0 Å². The minimum atomic E-state index is -1.05. The highest BCUT2D eigenvalue weighted by Gasteiger charge is 2.57. The molecule has 1 aromatic heterocycles. The fourth-order valence-corrected chi connectivity index (χ4v) is 3.92. The summed E-state index contributed by atoms with van der Waals surface area (Å²) in [6.45, 7) is 5.80. The molecule has 0 radical (unpaired) electrons. The van der Waals surface area contributed by atoms with Gasteiger partial charge in [0, 0.05) is 11.6 Å². The molecule has 0 unspecified atom stereocenters. The van der Waals surface area contributed by atoms with Crippen molar-refractivity contribution in [2.45, 2.75) is 45.2 Å². The summed E-state index contributed by atoms with van der Waals surface area (Å²) >= 11 is 1.45. The Morgan fingerprint density at radius 2 is 2.45 bits per heavy atom. The van der Waals surface area contributed by atoms with Crippen molar-refractivity contribution in [2.24, 2.45) is 11.3 Å². The number of aliphatic carboxylic acids is 1. The molecule has 1 aromatic rings. The number of carbonyl (C=O) groups is 1. The van der Waals surface area contributed by atoms with E-state index in [1.807, 2.05) is 26.2 Å². The van der Waals surface area contributed by atoms with Gasteiger partial charge in [0.25, 0.3) is 0 Å². The standard InChI is InChI=1S/C14H19N3O2S/c1-9(2)6-14(12(18)19)7-13(3,8-15)10(17-14)11-16-4-5-20-11/h4-5,9-10,17H,6-7H2,1-3H3,(H,18,19)/t10-,13-,14-/m0/s1. The van der Waals surface area contributed by atoms with Crippen LogP contribution >= 0.6 is 11.3 Å². The molecule has 0 saturated carbocycles. The third kappa shape index (κ3) is 2.43. The summed E-state index contributed by atoms with van der Waals surface area (Å²) in [6, 6.07) is 1.97. The smallest absolute Gasteiger partial charge is 0.323 e. The summed E-state index contributed by atoms with van der Waals surface area (Å²) in [7, 11) is 0. The molecule has 1 saturated heterocycles. The molecule has 0 amide bonds. The van der Waals surface area contributed by atoms with Crippen LogP contribution in [0.4, 0.5) is 0 Å². The minimum absolute atomic E-state index is 0.233. The Kier molecular flexibility index (Phi) is 3.85. The quantitative estimate of drug-likeness (QED) is 0.891. The van der Waals surface area contributed by atoms with Gasteiger partial charge < -0.3 is 5.11 Å². The van der Waals surface area contributed by atoms with Gasteiger partial charge in [0.05, 0.1) is 17.5 Å². The molecule has 3 atom stereocenters. The van der Waals surface area contributed by atoms with E-state index < -0.39 is 16.9 Å². The fourth-order valence-electron chi connectivity index (χ4n) is 3.08. The highest BCUT2D eigenvalue weighted by Crippen LogP contribution is 2.49. The van der Waals surface area contributed by atoms with Crippen LogP contribution in [0.2, 0.25) is 0 Å². The third-order valence-corrected chi connectivity index (χ3v) is 4.69. The maximum Gasteiger partial charge on any atom is 0.323 e. The average Bonchev–Trinajstić information content (AvgIpc) is 2.95. The number of rotatable bonds is 4. The Labute approximate surface area is 122 Å².